The molecule has 0 saturated carbocycles. The van der Waals surface area contributed by atoms with Gasteiger partial charge in [0, 0.05) is 26.2 Å². The van der Waals surface area contributed by atoms with Gasteiger partial charge in [0.05, 0.1) is 3.57 Å². The molecule has 3 N–H and O–H groups in total. The van der Waals surface area contributed by atoms with Crippen molar-refractivity contribution >= 4 is 66.7 Å². The fourth-order valence-electron chi connectivity index (χ4n) is 4.77. The first-order valence-corrected chi connectivity index (χ1v) is 12.4. The summed E-state index contributed by atoms with van der Waals surface area (Å²) in [5.41, 5.74) is 2.50. The number of phenols is 3. The largest absolute Gasteiger partial charge is 0.508 e. The Balaban J connectivity index is 1.80. The SMILES string of the molecule is Oc1ccc2ccc3c(c2c1)C(c1cc(I)cc(I)c1O)c1c(ccc2ccc(O)cc12)O3. The molecular formula is C27H16I2O4. The number of benzene rings is 5. The Labute approximate surface area is 216 Å². The highest BCUT2D eigenvalue weighted by Crippen LogP contribution is 2.54. The zero-order valence-corrected chi connectivity index (χ0v) is 21.3. The van der Waals surface area contributed by atoms with Crippen molar-refractivity contribution in [1.82, 2.24) is 0 Å². The first-order valence-electron chi connectivity index (χ1n) is 10.3. The van der Waals surface area contributed by atoms with Crippen molar-refractivity contribution in [2.45, 2.75) is 5.92 Å². The van der Waals surface area contributed by atoms with Crippen LogP contribution in [0.25, 0.3) is 21.5 Å². The zero-order chi connectivity index (χ0) is 22.9. The minimum atomic E-state index is -0.372. The standard InChI is InChI=1S/C27H16I2O4/c28-15-9-20(27(32)21(29)10-15)26-24-18-11-16(30)5-1-13(18)3-7-22(24)33-23-8-4-14-2-6-17(31)12-19(14)25(23)26/h1-12,26,30-32H. The van der Waals surface area contributed by atoms with Gasteiger partial charge in [-0.25, -0.2) is 0 Å². The third-order valence-corrected chi connectivity index (χ3v) is 7.62. The lowest BCUT2D eigenvalue weighted by molar-refractivity contribution is 0.444. The Kier molecular flexibility index (Phi) is 4.84. The lowest BCUT2D eigenvalue weighted by Crippen LogP contribution is -2.13. The van der Waals surface area contributed by atoms with E-state index in [-0.39, 0.29) is 23.2 Å². The second-order valence-corrected chi connectivity index (χ2v) is 10.5. The molecule has 0 aromatic heterocycles. The van der Waals surface area contributed by atoms with Crippen LogP contribution in [0, 0.1) is 7.14 Å². The third-order valence-electron chi connectivity index (χ3n) is 6.18. The van der Waals surface area contributed by atoms with E-state index in [2.05, 4.69) is 45.2 Å². The van der Waals surface area contributed by atoms with Gasteiger partial charge in [-0.1, -0.05) is 24.3 Å². The lowest BCUT2D eigenvalue weighted by Gasteiger charge is -2.31. The molecule has 6 heteroatoms. The van der Waals surface area contributed by atoms with E-state index in [9.17, 15) is 15.3 Å². The predicted octanol–water partition coefficient (Wildman–Crippen LogP) is 7.60. The molecule has 0 amide bonds. The molecule has 33 heavy (non-hydrogen) atoms. The zero-order valence-electron chi connectivity index (χ0n) is 17.0. The van der Waals surface area contributed by atoms with E-state index in [1.165, 1.54) is 0 Å². The van der Waals surface area contributed by atoms with E-state index < -0.39 is 0 Å². The van der Waals surface area contributed by atoms with Crippen LogP contribution < -0.4 is 4.74 Å². The maximum absolute atomic E-state index is 11.2. The molecule has 1 heterocycles. The van der Waals surface area contributed by atoms with Gasteiger partial charge in [0.1, 0.15) is 28.7 Å². The van der Waals surface area contributed by atoms with E-state index in [1.54, 1.807) is 24.3 Å². The van der Waals surface area contributed by atoms with Crippen LogP contribution in [-0.2, 0) is 0 Å². The Hall–Kier alpha value is -2.72. The summed E-state index contributed by atoms with van der Waals surface area (Å²) in [6, 6.07) is 22.3. The minimum Gasteiger partial charge on any atom is -0.508 e. The summed E-state index contributed by atoms with van der Waals surface area (Å²) >= 11 is 4.41. The number of rotatable bonds is 1. The van der Waals surface area contributed by atoms with E-state index in [1.807, 2.05) is 48.5 Å². The van der Waals surface area contributed by atoms with Crippen molar-refractivity contribution < 1.29 is 20.1 Å². The fraction of sp³-hybridized carbons (Fsp3) is 0.0370. The highest BCUT2D eigenvalue weighted by Gasteiger charge is 2.34. The first kappa shape index (κ1) is 20.9. The van der Waals surface area contributed by atoms with Gasteiger partial charge in [-0.3, -0.25) is 0 Å². The van der Waals surface area contributed by atoms with Gasteiger partial charge < -0.3 is 20.1 Å². The molecule has 0 spiro atoms. The van der Waals surface area contributed by atoms with Gasteiger partial charge in [0.25, 0.3) is 0 Å². The maximum Gasteiger partial charge on any atom is 0.133 e. The van der Waals surface area contributed by atoms with E-state index in [4.69, 9.17) is 4.74 Å². The Morgan fingerprint density at radius 2 is 1.15 bits per heavy atom. The van der Waals surface area contributed by atoms with Gasteiger partial charge in [-0.15, -0.1) is 0 Å². The Bertz CT molecular complexity index is 1520. The molecule has 5 aromatic rings. The van der Waals surface area contributed by atoms with Crippen LogP contribution in [0.1, 0.15) is 22.6 Å². The number of hydrogen-bond acceptors (Lipinski definition) is 4. The quantitative estimate of drug-likeness (QED) is 0.159. The average Bonchev–Trinajstić information content (AvgIpc) is 2.79. The summed E-state index contributed by atoms with van der Waals surface area (Å²) in [6.45, 7) is 0. The van der Waals surface area contributed by atoms with Gasteiger partial charge in [-0.05, 0) is 115 Å². The third kappa shape index (κ3) is 3.30. The molecule has 162 valence electrons. The van der Waals surface area contributed by atoms with Crippen LogP contribution >= 0.6 is 45.2 Å². The summed E-state index contributed by atoms with van der Waals surface area (Å²) in [7, 11) is 0. The molecule has 1 aliphatic heterocycles. The van der Waals surface area contributed by atoms with E-state index in [0.717, 1.165) is 45.4 Å². The lowest BCUT2D eigenvalue weighted by atomic mass is 9.78. The minimum absolute atomic E-state index is 0.164. The van der Waals surface area contributed by atoms with Crippen LogP contribution in [0.5, 0.6) is 28.7 Å². The van der Waals surface area contributed by atoms with Crippen molar-refractivity contribution in [3.8, 4) is 28.7 Å². The van der Waals surface area contributed by atoms with Crippen LogP contribution in [0.4, 0.5) is 0 Å². The molecule has 6 rings (SSSR count). The highest BCUT2D eigenvalue weighted by molar-refractivity contribution is 14.1. The molecule has 5 aromatic carbocycles. The number of fused-ring (bicyclic) bond motifs is 6. The van der Waals surface area contributed by atoms with Crippen molar-refractivity contribution in [3.63, 3.8) is 0 Å². The second kappa shape index (κ2) is 7.66. The molecule has 0 bridgehead atoms. The maximum atomic E-state index is 11.2. The van der Waals surface area contributed by atoms with E-state index in [0.29, 0.717) is 11.5 Å². The van der Waals surface area contributed by atoms with Gasteiger partial charge >= 0.3 is 0 Å². The normalized spacial score (nSPS) is 13.0. The second-order valence-electron chi connectivity index (χ2n) is 8.13. The topological polar surface area (TPSA) is 69.9 Å². The molecule has 0 aliphatic carbocycles. The molecule has 0 fully saturated rings. The predicted molar refractivity (Wildman–Crippen MR) is 146 cm³/mol. The highest BCUT2D eigenvalue weighted by atomic mass is 127. The average molecular weight is 658 g/mol. The number of phenolic OH excluding ortho intramolecular Hbond substituents is 3. The Morgan fingerprint density at radius 3 is 1.70 bits per heavy atom. The van der Waals surface area contributed by atoms with E-state index >= 15 is 0 Å². The molecule has 0 unspecified atom stereocenters. The summed E-state index contributed by atoms with van der Waals surface area (Å²) < 4.78 is 8.14. The smallest absolute Gasteiger partial charge is 0.133 e. The molecular weight excluding hydrogens is 642 g/mol. The molecule has 0 atom stereocenters. The van der Waals surface area contributed by atoms with Crippen molar-refractivity contribution in [1.29, 1.82) is 0 Å². The van der Waals surface area contributed by atoms with Crippen molar-refractivity contribution in [3.05, 3.63) is 96.6 Å². The fourth-order valence-corrected chi connectivity index (χ4v) is 6.66. The van der Waals surface area contributed by atoms with Crippen molar-refractivity contribution in [2.24, 2.45) is 0 Å². The first-order chi connectivity index (χ1) is 15.9. The summed E-state index contributed by atoms with van der Waals surface area (Å²) in [4.78, 5) is 0. The Morgan fingerprint density at radius 1 is 0.636 bits per heavy atom. The number of ether oxygens (including phenoxy) is 1. The monoisotopic (exact) mass is 658 g/mol. The van der Waals surface area contributed by atoms with Gasteiger partial charge in [0.2, 0.25) is 0 Å². The summed E-state index contributed by atoms with van der Waals surface area (Å²) in [5.74, 6) is 1.53. The van der Waals surface area contributed by atoms with Crippen molar-refractivity contribution in [2.75, 3.05) is 0 Å². The summed E-state index contributed by atoms with van der Waals surface area (Å²) in [5, 5.41) is 35.5. The molecule has 0 saturated heterocycles. The van der Waals surface area contributed by atoms with Crippen LogP contribution in [-0.4, -0.2) is 15.3 Å². The molecule has 4 nitrogen and oxygen atoms in total. The van der Waals surface area contributed by atoms with Gasteiger partial charge in [-0.2, -0.15) is 0 Å². The number of halogens is 2. The van der Waals surface area contributed by atoms with Crippen LogP contribution in [0.15, 0.2) is 72.8 Å². The molecule has 0 radical (unpaired) electrons. The molecule has 1 aliphatic rings. The number of hydrogen-bond donors (Lipinski definition) is 3. The van der Waals surface area contributed by atoms with Crippen LogP contribution in [0.2, 0.25) is 0 Å². The number of aromatic hydroxyl groups is 3. The summed E-state index contributed by atoms with van der Waals surface area (Å²) in [6.07, 6.45) is 0. The van der Waals surface area contributed by atoms with Crippen LogP contribution in [0.3, 0.4) is 0 Å². The van der Waals surface area contributed by atoms with Gasteiger partial charge in [0.15, 0.2) is 0 Å².